The van der Waals surface area contributed by atoms with Gasteiger partial charge in [-0.15, -0.1) is 10.2 Å². The molecule has 0 saturated heterocycles. The van der Waals surface area contributed by atoms with E-state index in [0.717, 1.165) is 11.3 Å². The number of aromatic nitrogens is 5. The Bertz CT molecular complexity index is 1080. The smallest absolute Gasteiger partial charge is 0.341 e. The van der Waals surface area contributed by atoms with E-state index in [-0.39, 0.29) is 5.56 Å². The third-order valence-electron chi connectivity index (χ3n) is 4.27. The molecule has 134 valence electrons. The summed E-state index contributed by atoms with van der Waals surface area (Å²) in [5, 5.41) is 22.7. The Kier molecular flexibility index (Phi) is 4.25. The topological polar surface area (TPSA) is 85.8 Å². The van der Waals surface area contributed by atoms with Crippen LogP contribution in [0.5, 0.6) is 0 Å². The average molecular weight is 359 g/mol. The number of benzene rings is 2. The van der Waals surface area contributed by atoms with Gasteiger partial charge in [-0.2, -0.15) is 5.10 Å². The number of nitrogens with zero attached hydrogens (tertiary/aromatic N) is 5. The first kappa shape index (κ1) is 16.7. The summed E-state index contributed by atoms with van der Waals surface area (Å²) in [5.41, 5.74) is 1.70. The van der Waals surface area contributed by atoms with E-state index in [9.17, 15) is 9.90 Å². The number of para-hydroxylation sites is 1. The summed E-state index contributed by atoms with van der Waals surface area (Å²) in [7, 11) is 0. The normalized spacial score (nSPS) is 10.9. The van der Waals surface area contributed by atoms with Crippen molar-refractivity contribution < 1.29 is 9.90 Å². The number of aromatic carboxylic acids is 1. The van der Waals surface area contributed by atoms with Crippen LogP contribution < -0.4 is 0 Å². The second-order valence-corrected chi connectivity index (χ2v) is 5.93. The molecular weight excluding hydrogens is 342 g/mol. The van der Waals surface area contributed by atoms with Crippen molar-refractivity contribution in [3.8, 4) is 22.9 Å². The van der Waals surface area contributed by atoms with Crippen molar-refractivity contribution in [3.63, 3.8) is 0 Å². The lowest BCUT2D eigenvalue weighted by Gasteiger charge is -2.13. The summed E-state index contributed by atoms with van der Waals surface area (Å²) in [6.07, 6.45) is 1.96. The highest BCUT2D eigenvalue weighted by atomic mass is 16.4. The molecule has 7 heteroatoms. The molecule has 0 bridgehead atoms. The van der Waals surface area contributed by atoms with Crippen molar-refractivity contribution in [1.82, 2.24) is 24.5 Å². The van der Waals surface area contributed by atoms with Crippen molar-refractivity contribution in [2.24, 2.45) is 0 Å². The Morgan fingerprint density at radius 3 is 2.30 bits per heavy atom. The molecule has 0 unspecified atom stereocenters. The van der Waals surface area contributed by atoms with Gasteiger partial charge in [0.05, 0.1) is 11.9 Å². The molecule has 2 aromatic heterocycles. The van der Waals surface area contributed by atoms with Crippen molar-refractivity contribution in [3.05, 3.63) is 78.2 Å². The Hall–Kier alpha value is -3.74. The minimum Gasteiger partial charge on any atom is -0.477 e. The zero-order valence-electron chi connectivity index (χ0n) is 14.6. The fraction of sp³-hybridized carbons (Fsp3) is 0.100. The van der Waals surface area contributed by atoms with E-state index in [2.05, 4.69) is 15.3 Å². The molecule has 0 atom stereocenters. The lowest BCUT2D eigenvalue weighted by Crippen LogP contribution is -2.13. The van der Waals surface area contributed by atoms with Gasteiger partial charge in [0.1, 0.15) is 11.4 Å². The summed E-state index contributed by atoms with van der Waals surface area (Å²) in [6, 6.07) is 19.0. The molecule has 0 spiro atoms. The maximum absolute atomic E-state index is 11.9. The van der Waals surface area contributed by atoms with Crippen LogP contribution in [0.2, 0.25) is 0 Å². The minimum atomic E-state index is -1.05. The molecule has 7 nitrogen and oxygen atoms in total. The predicted molar refractivity (Wildman–Crippen MR) is 100 cm³/mol. The zero-order chi connectivity index (χ0) is 18.8. The monoisotopic (exact) mass is 359 g/mol. The van der Waals surface area contributed by atoms with E-state index in [1.54, 1.807) is 9.25 Å². The Labute approximate surface area is 155 Å². The molecule has 2 heterocycles. The number of rotatable bonds is 5. The average Bonchev–Trinajstić information content (AvgIpc) is 3.33. The predicted octanol–water partition coefficient (Wildman–Crippen LogP) is 3.38. The molecule has 0 aliphatic rings. The van der Waals surface area contributed by atoms with E-state index >= 15 is 0 Å². The molecular formula is C20H17N5O2. The van der Waals surface area contributed by atoms with Gasteiger partial charge in [-0.05, 0) is 12.1 Å². The van der Waals surface area contributed by atoms with Crippen molar-refractivity contribution in [1.29, 1.82) is 0 Å². The van der Waals surface area contributed by atoms with Crippen LogP contribution in [0.4, 0.5) is 0 Å². The first-order valence-electron chi connectivity index (χ1n) is 8.57. The summed E-state index contributed by atoms with van der Waals surface area (Å²) >= 11 is 0. The summed E-state index contributed by atoms with van der Waals surface area (Å²) in [6.45, 7) is 1.96. The van der Waals surface area contributed by atoms with Crippen LogP contribution >= 0.6 is 0 Å². The zero-order valence-corrected chi connectivity index (χ0v) is 14.6. The molecule has 27 heavy (non-hydrogen) atoms. The fourth-order valence-electron chi connectivity index (χ4n) is 3.01. The van der Waals surface area contributed by atoms with Gasteiger partial charge in [0, 0.05) is 12.0 Å². The number of hydrogen-bond donors (Lipinski definition) is 1. The first-order valence-corrected chi connectivity index (χ1v) is 8.57. The van der Waals surface area contributed by atoms with Gasteiger partial charge in [-0.3, -0.25) is 4.57 Å². The Morgan fingerprint density at radius 2 is 1.67 bits per heavy atom. The molecule has 0 aliphatic carbocycles. The van der Waals surface area contributed by atoms with E-state index in [1.807, 2.05) is 67.6 Å². The minimum absolute atomic E-state index is 0.0885. The van der Waals surface area contributed by atoms with Gasteiger partial charge in [-0.1, -0.05) is 55.5 Å². The van der Waals surface area contributed by atoms with Gasteiger partial charge >= 0.3 is 5.97 Å². The highest BCUT2D eigenvalue weighted by molar-refractivity contribution is 5.91. The van der Waals surface area contributed by atoms with E-state index in [0.29, 0.717) is 23.9 Å². The quantitative estimate of drug-likeness (QED) is 0.590. The summed E-state index contributed by atoms with van der Waals surface area (Å²) < 4.78 is 3.39. The summed E-state index contributed by atoms with van der Waals surface area (Å²) in [5.74, 6) is 0.595. The number of aryl methyl sites for hydroxylation is 1. The molecule has 0 amide bonds. The van der Waals surface area contributed by atoms with Gasteiger partial charge in [0.2, 0.25) is 0 Å². The van der Waals surface area contributed by atoms with Crippen LogP contribution in [0.25, 0.3) is 22.9 Å². The molecule has 4 rings (SSSR count). The van der Waals surface area contributed by atoms with Crippen LogP contribution in [-0.4, -0.2) is 35.6 Å². The second kappa shape index (κ2) is 6.87. The molecule has 0 fully saturated rings. The van der Waals surface area contributed by atoms with Crippen LogP contribution in [0.3, 0.4) is 0 Å². The van der Waals surface area contributed by atoms with Crippen molar-refractivity contribution in [2.75, 3.05) is 0 Å². The standard InChI is InChI=1S/C20H17N5O2/c1-2-17-22-23-18(14-9-5-3-6-10-14)24(17)19-16(20(26)27)13-21-25(19)15-11-7-4-8-12-15/h3-13H,2H2,1H3,(H,26,27). The van der Waals surface area contributed by atoms with Crippen molar-refractivity contribution >= 4 is 5.97 Å². The highest BCUT2D eigenvalue weighted by Crippen LogP contribution is 2.27. The largest absolute Gasteiger partial charge is 0.477 e. The Morgan fingerprint density at radius 1 is 1.00 bits per heavy atom. The van der Waals surface area contributed by atoms with Crippen LogP contribution in [0.15, 0.2) is 66.9 Å². The van der Waals surface area contributed by atoms with E-state index < -0.39 is 5.97 Å². The van der Waals surface area contributed by atoms with Gasteiger partial charge in [-0.25, -0.2) is 9.48 Å². The highest BCUT2D eigenvalue weighted by Gasteiger charge is 2.25. The lowest BCUT2D eigenvalue weighted by atomic mass is 10.2. The molecule has 1 N–H and O–H groups in total. The second-order valence-electron chi connectivity index (χ2n) is 5.93. The maximum atomic E-state index is 11.9. The molecule has 0 radical (unpaired) electrons. The van der Waals surface area contributed by atoms with Crippen LogP contribution in [0.1, 0.15) is 23.1 Å². The number of hydrogen-bond acceptors (Lipinski definition) is 4. The molecule has 0 saturated carbocycles. The van der Waals surface area contributed by atoms with E-state index in [4.69, 9.17) is 0 Å². The first-order chi connectivity index (χ1) is 13.2. The third kappa shape index (κ3) is 2.89. The molecule has 0 aliphatic heterocycles. The molecule has 4 aromatic rings. The summed E-state index contributed by atoms with van der Waals surface area (Å²) in [4.78, 5) is 11.9. The number of carbonyl (C=O) groups is 1. The third-order valence-corrected chi connectivity index (χ3v) is 4.27. The van der Waals surface area contributed by atoms with Gasteiger partial charge in [0.15, 0.2) is 11.6 Å². The van der Waals surface area contributed by atoms with Crippen molar-refractivity contribution in [2.45, 2.75) is 13.3 Å². The van der Waals surface area contributed by atoms with Gasteiger partial charge in [0.25, 0.3) is 0 Å². The molecule has 2 aromatic carbocycles. The van der Waals surface area contributed by atoms with Crippen LogP contribution in [0, 0.1) is 0 Å². The van der Waals surface area contributed by atoms with E-state index in [1.165, 1.54) is 6.20 Å². The SMILES string of the molecule is CCc1nnc(-c2ccccc2)n1-c1c(C(=O)O)cnn1-c1ccccc1. The Balaban J connectivity index is 2.03. The number of carboxylic acid groups (broad SMARTS) is 1. The van der Waals surface area contributed by atoms with Gasteiger partial charge < -0.3 is 5.11 Å². The maximum Gasteiger partial charge on any atom is 0.341 e. The lowest BCUT2D eigenvalue weighted by molar-refractivity contribution is 0.0697. The fourth-order valence-corrected chi connectivity index (χ4v) is 3.01. The number of carboxylic acids is 1. The van der Waals surface area contributed by atoms with Crippen LogP contribution in [-0.2, 0) is 6.42 Å².